The number of rotatable bonds is 4. The molecule has 0 bridgehead atoms. The summed E-state index contributed by atoms with van der Waals surface area (Å²) < 4.78 is 6.12. The third-order valence-corrected chi connectivity index (χ3v) is 14.6. The molecule has 10 atom stereocenters. The first-order chi connectivity index (χ1) is 18.2. The zero-order chi connectivity index (χ0) is 28.2. The Morgan fingerprint density at radius 1 is 0.821 bits per heavy atom. The van der Waals surface area contributed by atoms with Crippen LogP contribution in [0.15, 0.2) is 12.2 Å². The quantitative estimate of drug-likeness (QED) is 0.355. The second-order valence-corrected chi connectivity index (χ2v) is 16.3. The fourth-order valence-corrected chi connectivity index (χ4v) is 12.3. The smallest absolute Gasteiger partial charge is 0.407 e. The maximum atomic E-state index is 12.9. The Kier molecular flexibility index (Phi) is 6.20. The summed E-state index contributed by atoms with van der Waals surface area (Å²) in [5.41, 5.74) is 1.13. The average molecular weight is 540 g/mol. The van der Waals surface area contributed by atoms with Crippen molar-refractivity contribution in [3.63, 3.8) is 0 Å². The van der Waals surface area contributed by atoms with Crippen LogP contribution < -0.4 is 5.32 Å². The van der Waals surface area contributed by atoms with Crippen molar-refractivity contribution in [2.45, 2.75) is 131 Å². The molecule has 2 N–H and O–H groups in total. The van der Waals surface area contributed by atoms with Gasteiger partial charge in [0.15, 0.2) is 0 Å². The number of carboxylic acid groups (broad SMARTS) is 1. The van der Waals surface area contributed by atoms with E-state index in [2.05, 4.69) is 53.4 Å². The number of aliphatic carboxylic acids is 1. The summed E-state index contributed by atoms with van der Waals surface area (Å²) in [6.07, 6.45) is 12.3. The van der Waals surface area contributed by atoms with E-state index >= 15 is 0 Å². The van der Waals surface area contributed by atoms with E-state index in [9.17, 15) is 14.7 Å². The Hall–Kier alpha value is -1.52. The Bertz CT molecular complexity index is 1060. The summed E-state index contributed by atoms with van der Waals surface area (Å²) in [5, 5.41) is 13.6. The maximum Gasteiger partial charge on any atom is 0.407 e. The SMILES string of the molecule is C=C(C)[C@@H]1CC[C@]2(C(=O)O)CC[C@]3(C)[C@H](CC[C@@H]4[C@@]5(C)CC[C@H](OC(=O)NC6CC6)C(C)(C)[C@@H]5CC[C@]43C)[C@@H]12. The highest BCUT2D eigenvalue weighted by Gasteiger charge is 2.72. The van der Waals surface area contributed by atoms with Gasteiger partial charge in [0.1, 0.15) is 6.10 Å². The Morgan fingerprint density at radius 2 is 1.54 bits per heavy atom. The molecule has 0 aromatic heterocycles. The van der Waals surface area contributed by atoms with E-state index in [1.165, 1.54) is 24.8 Å². The highest BCUT2D eigenvalue weighted by atomic mass is 16.6. The number of amides is 1. The standard InChI is InChI=1S/C34H53NO4/c1-20(2)22-12-17-34(28(36)37)19-18-32(6)23(27(22)34)10-11-25-31(5)15-14-26(39-29(38)35-21-8-9-21)30(3,4)24(31)13-16-33(25,32)7/h21-27H,1,8-19H2,2-7H3,(H,35,38)(H,36,37)/t22-,23+,24-,25+,26-,27+,31-,32+,33+,34-/m0/s1. The first-order valence-corrected chi connectivity index (χ1v) is 16.1. The number of alkyl carbamates (subject to hydrolysis) is 1. The van der Waals surface area contributed by atoms with E-state index in [1.54, 1.807) is 0 Å². The van der Waals surface area contributed by atoms with Crippen molar-refractivity contribution in [3.8, 4) is 0 Å². The van der Waals surface area contributed by atoms with E-state index in [-0.39, 0.29) is 39.8 Å². The van der Waals surface area contributed by atoms with Crippen LogP contribution >= 0.6 is 0 Å². The van der Waals surface area contributed by atoms with Crippen molar-refractivity contribution in [1.82, 2.24) is 5.32 Å². The summed E-state index contributed by atoms with van der Waals surface area (Å²) in [4.78, 5) is 25.5. The van der Waals surface area contributed by atoms with Crippen molar-refractivity contribution in [2.24, 2.45) is 56.7 Å². The number of carboxylic acids is 1. The molecule has 0 spiro atoms. The van der Waals surface area contributed by atoms with Crippen molar-refractivity contribution >= 4 is 12.1 Å². The summed E-state index contributed by atoms with van der Waals surface area (Å²) in [7, 11) is 0. The summed E-state index contributed by atoms with van der Waals surface area (Å²) >= 11 is 0. The average Bonchev–Trinajstić information content (AvgIpc) is 3.56. The predicted octanol–water partition coefficient (Wildman–Crippen LogP) is 7.99. The number of carbonyl (C=O) groups excluding carboxylic acids is 1. The van der Waals surface area contributed by atoms with E-state index in [1.807, 2.05) is 0 Å². The number of nitrogens with one attached hydrogen (secondary N) is 1. The largest absolute Gasteiger partial charge is 0.481 e. The third-order valence-electron chi connectivity index (χ3n) is 14.6. The number of ether oxygens (including phenoxy) is 1. The lowest BCUT2D eigenvalue weighted by Crippen LogP contribution is -2.67. The van der Waals surface area contributed by atoms with Gasteiger partial charge in [0.05, 0.1) is 5.41 Å². The van der Waals surface area contributed by atoms with Gasteiger partial charge in [0, 0.05) is 11.5 Å². The third kappa shape index (κ3) is 3.69. The van der Waals surface area contributed by atoms with Crippen molar-refractivity contribution in [3.05, 3.63) is 12.2 Å². The lowest BCUT2D eigenvalue weighted by atomic mass is 9.32. The maximum absolute atomic E-state index is 12.9. The highest BCUT2D eigenvalue weighted by Crippen LogP contribution is 2.77. The van der Waals surface area contributed by atoms with Crippen LogP contribution in [0.2, 0.25) is 0 Å². The molecule has 0 aliphatic heterocycles. The van der Waals surface area contributed by atoms with Gasteiger partial charge in [-0.15, -0.1) is 0 Å². The van der Waals surface area contributed by atoms with E-state index < -0.39 is 11.4 Å². The summed E-state index contributed by atoms with van der Waals surface area (Å²) in [5.74, 6) is 1.60. The van der Waals surface area contributed by atoms with Gasteiger partial charge < -0.3 is 15.2 Å². The molecule has 5 heteroatoms. The second-order valence-electron chi connectivity index (χ2n) is 16.3. The van der Waals surface area contributed by atoms with Crippen LogP contribution in [0.1, 0.15) is 119 Å². The summed E-state index contributed by atoms with van der Waals surface area (Å²) in [6, 6.07) is 0.320. The molecule has 6 saturated carbocycles. The molecule has 1 amide bonds. The van der Waals surface area contributed by atoms with Gasteiger partial charge in [-0.05, 0) is 130 Å². The highest BCUT2D eigenvalue weighted by molar-refractivity contribution is 5.76. The zero-order valence-corrected chi connectivity index (χ0v) is 25.4. The molecule has 0 aromatic rings. The van der Waals surface area contributed by atoms with Gasteiger partial charge in [-0.3, -0.25) is 4.79 Å². The molecule has 5 nitrogen and oxygen atoms in total. The molecule has 6 aliphatic carbocycles. The van der Waals surface area contributed by atoms with Gasteiger partial charge in [0.2, 0.25) is 0 Å². The number of fused-ring (bicyclic) bond motifs is 7. The van der Waals surface area contributed by atoms with Gasteiger partial charge in [0.25, 0.3) is 0 Å². The minimum Gasteiger partial charge on any atom is -0.481 e. The molecule has 218 valence electrons. The van der Waals surface area contributed by atoms with Crippen LogP contribution in [-0.4, -0.2) is 29.3 Å². The van der Waals surface area contributed by atoms with Crippen LogP contribution in [0.25, 0.3) is 0 Å². The molecule has 39 heavy (non-hydrogen) atoms. The number of hydrogen-bond donors (Lipinski definition) is 2. The van der Waals surface area contributed by atoms with E-state index in [0.29, 0.717) is 29.7 Å². The first-order valence-electron chi connectivity index (χ1n) is 16.1. The summed E-state index contributed by atoms with van der Waals surface area (Å²) in [6.45, 7) is 19.0. The van der Waals surface area contributed by atoms with Crippen LogP contribution in [0.4, 0.5) is 4.79 Å². The minimum absolute atomic E-state index is 0.0358. The molecule has 0 aromatic carbocycles. The van der Waals surface area contributed by atoms with Crippen molar-refractivity contribution in [2.75, 3.05) is 0 Å². The van der Waals surface area contributed by atoms with E-state index in [4.69, 9.17) is 4.74 Å². The van der Waals surface area contributed by atoms with Crippen LogP contribution in [0, 0.1) is 56.7 Å². The molecule has 6 rings (SSSR count). The number of allylic oxidation sites excluding steroid dienone is 1. The molecule has 0 heterocycles. The van der Waals surface area contributed by atoms with Crippen LogP contribution in [-0.2, 0) is 9.53 Å². The number of carbonyl (C=O) groups is 2. The van der Waals surface area contributed by atoms with Gasteiger partial charge >= 0.3 is 12.1 Å². The van der Waals surface area contributed by atoms with Crippen molar-refractivity contribution in [1.29, 1.82) is 0 Å². The molecule has 0 radical (unpaired) electrons. The molecule has 0 saturated heterocycles. The lowest BCUT2D eigenvalue weighted by molar-refractivity contribution is -0.247. The fraction of sp³-hybridized carbons (Fsp3) is 0.882. The molecule has 6 aliphatic rings. The molecular formula is C34H53NO4. The van der Waals surface area contributed by atoms with E-state index in [0.717, 1.165) is 57.8 Å². The lowest BCUT2D eigenvalue weighted by Gasteiger charge is -2.72. The zero-order valence-electron chi connectivity index (χ0n) is 25.4. The Balaban J connectivity index is 1.30. The topological polar surface area (TPSA) is 75.6 Å². The molecule has 6 fully saturated rings. The Morgan fingerprint density at radius 3 is 2.18 bits per heavy atom. The number of hydrogen-bond acceptors (Lipinski definition) is 3. The van der Waals surface area contributed by atoms with Gasteiger partial charge in [-0.25, -0.2) is 4.79 Å². The van der Waals surface area contributed by atoms with Gasteiger partial charge in [-0.1, -0.05) is 46.8 Å². The normalized spacial score (nSPS) is 50.0. The molecule has 0 unspecified atom stereocenters. The van der Waals surface area contributed by atoms with Crippen LogP contribution in [0.3, 0.4) is 0 Å². The Labute approximate surface area is 236 Å². The van der Waals surface area contributed by atoms with Gasteiger partial charge in [-0.2, -0.15) is 0 Å². The molecular weight excluding hydrogens is 486 g/mol. The predicted molar refractivity (Wildman–Crippen MR) is 153 cm³/mol. The first kappa shape index (κ1) is 27.6. The monoisotopic (exact) mass is 539 g/mol. The van der Waals surface area contributed by atoms with Crippen LogP contribution in [0.5, 0.6) is 0 Å². The second kappa shape index (κ2) is 8.74. The van der Waals surface area contributed by atoms with Crippen molar-refractivity contribution < 1.29 is 19.4 Å². The minimum atomic E-state index is -0.559. The fourth-order valence-electron chi connectivity index (χ4n) is 12.3.